The van der Waals surface area contributed by atoms with Crippen molar-refractivity contribution in [2.75, 3.05) is 5.75 Å². The molecule has 0 aromatic rings. The summed E-state index contributed by atoms with van der Waals surface area (Å²) in [7, 11) is -3.81. The molecule has 0 saturated carbocycles. The largest absolute Gasteiger partial charge is 0.389 e. The maximum absolute atomic E-state index is 11.9. The highest BCUT2D eigenvalue weighted by molar-refractivity contribution is 7.85. The Morgan fingerprint density at radius 1 is 0.636 bits per heavy atom. The summed E-state index contributed by atoms with van der Waals surface area (Å²) in [6.45, 7) is 0. The molecule has 0 fully saturated rings. The van der Waals surface area contributed by atoms with Crippen LogP contribution in [0.2, 0.25) is 0 Å². The highest BCUT2D eigenvalue weighted by Crippen LogP contribution is 2.23. The van der Waals surface area contributed by atoms with Crippen molar-refractivity contribution in [2.24, 2.45) is 0 Å². The zero-order valence-electron chi connectivity index (χ0n) is 13.2. The molecule has 1 N–H and O–H groups in total. The molecule has 0 amide bonds. The predicted molar refractivity (Wildman–Crippen MR) is 82.5 cm³/mol. The molecule has 0 radical (unpaired) electrons. The first-order valence-electron chi connectivity index (χ1n) is 8.23. The van der Waals surface area contributed by atoms with Gasteiger partial charge in [0.15, 0.2) is 0 Å². The summed E-state index contributed by atoms with van der Waals surface area (Å²) < 4.78 is 65.2. The van der Waals surface area contributed by atoms with E-state index in [1.807, 2.05) is 0 Å². The van der Waals surface area contributed by atoms with Gasteiger partial charge in [0.2, 0.25) is 0 Å². The predicted octanol–water partition coefficient (Wildman–Crippen LogP) is 5.51. The highest BCUT2D eigenvalue weighted by atomic mass is 32.2. The molecular weight excluding hydrogens is 317 g/mol. The first-order chi connectivity index (χ1) is 10.2. The quantitative estimate of drug-likeness (QED) is 0.333. The molecule has 0 aromatic carbocycles. The van der Waals surface area contributed by atoms with E-state index < -0.39 is 22.7 Å². The summed E-state index contributed by atoms with van der Waals surface area (Å²) in [5.41, 5.74) is 0. The zero-order valence-corrected chi connectivity index (χ0v) is 14.0. The van der Waals surface area contributed by atoms with Crippen molar-refractivity contribution in [3.63, 3.8) is 0 Å². The second kappa shape index (κ2) is 12.2. The Morgan fingerprint density at radius 3 is 1.27 bits per heavy atom. The summed E-state index contributed by atoms with van der Waals surface area (Å²) in [6, 6.07) is 0. The van der Waals surface area contributed by atoms with E-state index in [0.29, 0.717) is 12.8 Å². The first-order valence-corrected chi connectivity index (χ1v) is 9.83. The van der Waals surface area contributed by atoms with E-state index >= 15 is 0 Å². The van der Waals surface area contributed by atoms with Crippen molar-refractivity contribution in [2.45, 2.75) is 89.6 Å². The van der Waals surface area contributed by atoms with Crippen LogP contribution in [0.3, 0.4) is 0 Å². The lowest BCUT2D eigenvalue weighted by molar-refractivity contribution is -0.135. The molecule has 0 atom stereocenters. The van der Waals surface area contributed by atoms with Gasteiger partial charge in [-0.3, -0.25) is 4.55 Å². The lowest BCUT2D eigenvalue weighted by atomic mass is 10.0. The van der Waals surface area contributed by atoms with Crippen molar-refractivity contribution >= 4 is 10.1 Å². The Hall–Kier alpha value is -0.300. The van der Waals surface area contributed by atoms with E-state index in [1.165, 1.54) is 0 Å². The molecule has 3 nitrogen and oxygen atoms in total. The fourth-order valence-electron chi connectivity index (χ4n) is 2.38. The molecule has 0 aromatic heterocycles. The Morgan fingerprint density at radius 2 is 0.955 bits per heavy atom. The molecule has 0 heterocycles. The van der Waals surface area contributed by atoms with Gasteiger partial charge in [-0.05, 0) is 12.8 Å². The normalized spacial score (nSPS) is 12.7. The molecular formula is C15H29F3O3S. The van der Waals surface area contributed by atoms with Crippen LogP contribution in [-0.4, -0.2) is 24.9 Å². The van der Waals surface area contributed by atoms with Crippen molar-refractivity contribution in [3.05, 3.63) is 0 Å². The van der Waals surface area contributed by atoms with Gasteiger partial charge in [-0.25, -0.2) is 0 Å². The van der Waals surface area contributed by atoms with Crippen molar-refractivity contribution in [1.82, 2.24) is 0 Å². The second-order valence-corrected chi connectivity index (χ2v) is 7.47. The summed E-state index contributed by atoms with van der Waals surface area (Å²) in [5.74, 6) is -0.151. The number of halogens is 3. The molecule has 134 valence electrons. The van der Waals surface area contributed by atoms with Crippen LogP contribution in [0, 0.1) is 0 Å². The van der Waals surface area contributed by atoms with Crippen molar-refractivity contribution in [3.8, 4) is 0 Å². The van der Waals surface area contributed by atoms with E-state index in [9.17, 15) is 21.6 Å². The Kier molecular flexibility index (Phi) is 12.0. The van der Waals surface area contributed by atoms with Gasteiger partial charge in [-0.2, -0.15) is 21.6 Å². The van der Waals surface area contributed by atoms with Gasteiger partial charge in [0.05, 0.1) is 5.75 Å². The van der Waals surface area contributed by atoms with E-state index in [1.54, 1.807) is 0 Å². The maximum Gasteiger partial charge on any atom is 0.389 e. The van der Waals surface area contributed by atoms with Gasteiger partial charge in [0, 0.05) is 6.42 Å². The number of alkyl halides is 3. The molecule has 7 heteroatoms. The minimum Gasteiger partial charge on any atom is -0.286 e. The molecule has 0 bridgehead atoms. The Labute approximate surface area is 132 Å². The highest BCUT2D eigenvalue weighted by Gasteiger charge is 2.25. The molecule has 0 saturated heterocycles. The first kappa shape index (κ1) is 21.7. The lowest BCUT2D eigenvalue weighted by Crippen LogP contribution is -2.06. The van der Waals surface area contributed by atoms with Gasteiger partial charge < -0.3 is 0 Å². The van der Waals surface area contributed by atoms with Crippen LogP contribution < -0.4 is 0 Å². The maximum atomic E-state index is 11.9. The smallest absolute Gasteiger partial charge is 0.286 e. The minimum absolute atomic E-state index is 0.151. The van der Waals surface area contributed by atoms with Crippen LogP contribution in [0.1, 0.15) is 83.5 Å². The molecule has 0 aliphatic carbocycles. The fraction of sp³-hybridized carbons (Fsp3) is 1.00. The Balaban J connectivity index is 3.12. The number of hydrogen-bond acceptors (Lipinski definition) is 2. The number of hydrogen-bond donors (Lipinski definition) is 1. The average Bonchev–Trinajstić information content (AvgIpc) is 2.36. The van der Waals surface area contributed by atoms with Gasteiger partial charge in [0.25, 0.3) is 10.1 Å². The monoisotopic (exact) mass is 346 g/mol. The van der Waals surface area contributed by atoms with Gasteiger partial charge in [0.1, 0.15) is 0 Å². The third kappa shape index (κ3) is 19.7. The van der Waals surface area contributed by atoms with E-state index in [2.05, 4.69) is 0 Å². The van der Waals surface area contributed by atoms with Crippen LogP contribution in [-0.2, 0) is 10.1 Å². The van der Waals surface area contributed by atoms with E-state index in [0.717, 1.165) is 57.8 Å². The average molecular weight is 346 g/mol. The van der Waals surface area contributed by atoms with Gasteiger partial charge >= 0.3 is 6.18 Å². The molecule has 0 aliphatic heterocycles. The molecule has 22 heavy (non-hydrogen) atoms. The third-order valence-corrected chi connectivity index (χ3v) is 4.42. The molecule has 0 spiro atoms. The SMILES string of the molecule is O=S(=O)(O)CCCCCCCCCCCCCCC(F)(F)F. The number of rotatable bonds is 14. The van der Waals surface area contributed by atoms with Crippen molar-refractivity contribution < 1.29 is 26.1 Å². The fourth-order valence-corrected chi connectivity index (χ4v) is 2.95. The molecule has 0 aliphatic rings. The second-order valence-electron chi connectivity index (χ2n) is 5.89. The van der Waals surface area contributed by atoms with E-state index in [4.69, 9.17) is 4.55 Å². The minimum atomic E-state index is -4.01. The van der Waals surface area contributed by atoms with Gasteiger partial charge in [-0.15, -0.1) is 0 Å². The molecule has 0 rings (SSSR count). The van der Waals surface area contributed by atoms with Gasteiger partial charge in [-0.1, -0.05) is 64.2 Å². The van der Waals surface area contributed by atoms with Crippen LogP contribution in [0.5, 0.6) is 0 Å². The van der Waals surface area contributed by atoms with Crippen LogP contribution in [0.25, 0.3) is 0 Å². The molecule has 0 unspecified atom stereocenters. The lowest BCUT2D eigenvalue weighted by Gasteiger charge is -2.05. The summed E-state index contributed by atoms with van der Waals surface area (Å²) in [6.07, 6.45) is 5.92. The van der Waals surface area contributed by atoms with Crippen LogP contribution in [0.15, 0.2) is 0 Å². The standard InChI is InChI=1S/C15H29F3O3S/c16-15(17,18)13-11-9-7-5-3-1-2-4-6-8-10-12-14-22(19,20)21/h1-14H2,(H,19,20,21). The number of unbranched alkanes of at least 4 members (excludes halogenated alkanes) is 11. The van der Waals surface area contributed by atoms with E-state index in [-0.39, 0.29) is 12.2 Å². The Bertz CT molecular complexity index is 354. The zero-order chi connectivity index (χ0) is 16.9. The summed E-state index contributed by atoms with van der Waals surface area (Å²) in [5, 5.41) is 0. The van der Waals surface area contributed by atoms with Crippen molar-refractivity contribution in [1.29, 1.82) is 0 Å². The third-order valence-electron chi connectivity index (χ3n) is 3.61. The van der Waals surface area contributed by atoms with Crippen LogP contribution in [0.4, 0.5) is 13.2 Å². The summed E-state index contributed by atoms with van der Waals surface area (Å²) in [4.78, 5) is 0. The topological polar surface area (TPSA) is 54.4 Å². The summed E-state index contributed by atoms with van der Waals surface area (Å²) >= 11 is 0. The van der Waals surface area contributed by atoms with Crippen LogP contribution >= 0.6 is 0 Å².